The Hall–Kier alpha value is 0.270. The standard InChI is InChI=1S/C7H14O2S/c1-5-4-6(10)9-7(2,3)8-5/h5-6,10H,4H2,1-3H3/t5-,6+/m1/s1. The Labute approximate surface area is 67.3 Å². The molecule has 1 aliphatic heterocycles. The monoisotopic (exact) mass is 162 g/mol. The summed E-state index contributed by atoms with van der Waals surface area (Å²) >= 11 is 4.23. The SMILES string of the molecule is C[C@@H]1C[C@H](S)OC(C)(C)O1. The van der Waals surface area contributed by atoms with Gasteiger partial charge in [-0.1, -0.05) is 0 Å². The molecule has 0 N–H and O–H groups in total. The Balaban J connectivity index is 2.51. The predicted molar refractivity (Wildman–Crippen MR) is 43.1 cm³/mol. The smallest absolute Gasteiger partial charge is 0.164 e. The summed E-state index contributed by atoms with van der Waals surface area (Å²) in [7, 11) is 0. The first kappa shape index (κ1) is 8.37. The van der Waals surface area contributed by atoms with Gasteiger partial charge in [0.05, 0.1) is 6.10 Å². The van der Waals surface area contributed by atoms with Crippen molar-refractivity contribution >= 4 is 12.6 Å². The largest absolute Gasteiger partial charge is 0.347 e. The summed E-state index contributed by atoms with van der Waals surface area (Å²) in [6.07, 6.45) is 1.12. The van der Waals surface area contributed by atoms with Gasteiger partial charge in [-0.15, -0.1) is 12.6 Å². The minimum atomic E-state index is -0.454. The molecule has 0 aromatic heterocycles. The Kier molecular flexibility index (Phi) is 2.28. The third kappa shape index (κ3) is 2.15. The van der Waals surface area contributed by atoms with Gasteiger partial charge in [-0.3, -0.25) is 0 Å². The molecular weight excluding hydrogens is 148 g/mol. The second-order valence-electron chi connectivity index (χ2n) is 3.14. The van der Waals surface area contributed by atoms with E-state index in [1.54, 1.807) is 0 Å². The van der Waals surface area contributed by atoms with E-state index in [0.717, 1.165) is 6.42 Å². The molecule has 1 aliphatic rings. The average molecular weight is 162 g/mol. The second-order valence-corrected chi connectivity index (χ2v) is 3.71. The van der Waals surface area contributed by atoms with Crippen molar-refractivity contribution in [2.24, 2.45) is 0 Å². The van der Waals surface area contributed by atoms with Crippen molar-refractivity contribution < 1.29 is 9.47 Å². The fraction of sp³-hybridized carbons (Fsp3) is 1.00. The third-order valence-electron chi connectivity index (χ3n) is 1.44. The normalized spacial score (nSPS) is 39.6. The lowest BCUT2D eigenvalue weighted by molar-refractivity contribution is -0.277. The molecule has 1 fully saturated rings. The van der Waals surface area contributed by atoms with E-state index in [0.29, 0.717) is 0 Å². The molecule has 0 saturated carbocycles. The van der Waals surface area contributed by atoms with Crippen LogP contribution < -0.4 is 0 Å². The number of rotatable bonds is 0. The first-order chi connectivity index (χ1) is 4.49. The highest BCUT2D eigenvalue weighted by Crippen LogP contribution is 2.27. The van der Waals surface area contributed by atoms with Crippen LogP contribution in [0.2, 0.25) is 0 Å². The van der Waals surface area contributed by atoms with Gasteiger partial charge >= 0.3 is 0 Å². The third-order valence-corrected chi connectivity index (χ3v) is 1.75. The highest BCUT2D eigenvalue weighted by Gasteiger charge is 2.31. The number of hydrogen-bond acceptors (Lipinski definition) is 3. The van der Waals surface area contributed by atoms with Crippen LogP contribution in [0, 0.1) is 0 Å². The molecular formula is C7H14O2S. The summed E-state index contributed by atoms with van der Waals surface area (Å²) < 4.78 is 10.9. The lowest BCUT2D eigenvalue weighted by Gasteiger charge is -2.37. The molecule has 0 spiro atoms. The van der Waals surface area contributed by atoms with Crippen molar-refractivity contribution in [3.05, 3.63) is 0 Å². The van der Waals surface area contributed by atoms with Crippen molar-refractivity contribution in [2.75, 3.05) is 0 Å². The van der Waals surface area contributed by atoms with Crippen molar-refractivity contribution in [2.45, 2.75) is 44.5 Å². The molecule has 10 heavy (non-hydrogen) atoms. The van der Waals surface area contributed by atoms with Gasteiger partial charge < -0.3 is 9.47 Å². The van der Waals surface area contributed by atoms with E-state index >= 15 is 0 Å². The van der Waals surface area contributed by atoms with Crippen molar-refractivity contribution in [1.82, 2.24) is 0 Å². The maximum atomic E-state index is 5.47. The maximum absolute atomic E-state index is 5.47. The molecule has 0 amide bonds. The molecule has 0 aliphatic carbocycles. The molecule has 0 unspecified atom stereocenters. The summed E-state index contributed by atoms with van der Waals surface area (Å²) in [5.41, 5.74) is 0.0266. The zero-order valence-electron chi connectivity index (χ0n) is 6.63. The van der Waals surface area contributed by atoms with Gasteiger partial charge in [0.25, 0.3) is 0 Å². The fourth-order valence-corrected chi connectivity index (χ4v) is 1.77. The summed E-state index contributed by atoms with van der Waals surface area (Å²) in [5.74, 6) is -0.454. The van der Waals surface area contributed by atoms with Gasteiger partial charge in [0.2, 0.25) is 0 Å². The molecule has 0 bridgehead atoms. The summed E-state index contributed by atoms with van der Waals surface area (Å²) in [4.78, 5) is 0. The van der Waals surface area contributed by atoms with Crippen molar-refractivity contribution in [3.63, 3.8) is 0 Å². The van der Waals surface area contributed by atoms with Crippen molar-refractivity contribution in [1.29, 1.82) is 0 Å². The number of ether oxygens (including phenoxy) is 2. The van der Waals surface area contributed by atoms with Gasteiger partial charge in [0, 0.05) is 6.42 Å². The predicted octanol–water partition coefficient (Wildman–Crippen LogP) is 1.80. The molecule has 2 atom stereocenters. The van der Waals surface area contributed by atoms with E-state index in [4.69, 9.17) is 9.47 Å². The van der Waals surface area contributed by atoms with Gasteiger partial charge in [0.1, 0.15) is 5.44 Å². The Morgan fingerprint density at radius 2 is 2.00 bits per heavy atom. The Bertz CT molecular complexity index is 113. The van der Waals surface area contributed by atoms with E-state index in [-0.39, 0.29) is 11.5 Å². The second kappa shape index (κ2) is 2.72. The lowest BCUT2D eigenvalue weighted by Crippen LogP contribution is -2.41. The minimum absolute atomic E-state index is 0.0266. The molecule has 0 aromatic carbocycles. The molecule has 1 saturated heterocycles. The summed E-state index contributed by atoms with van der Waals surface area (Å²) in [6.45, 7) is 5.85. The molecule has 3 heteroatoms. The van der Waals surface area contributed by atoms with Crippen molar-refractivity contribution in [3.8, 4) is 0 Å². The highest BCUT2D eigenvalue weighted by atomic mass is 32.1. The molecule has 0 aromatic rings. The molecule has 60 valence electrons. The van der Waals surface area contributed by atoms with Crippen LogP contribution in [0.3, 0.4) is 0 Å². The zero-order valence-corrected chi connectivity index (χ0v) is 7.52. The van der Waals surface area contributed by atoms with E-state index in [1.165, 1.54) is 0 Å². The fourth-order valence-electron chi connectivity index (χ4n) is 1.22. The van der Waals surface area contributed by atoms with Crippen LogP contribution in [0.15, 0.2) is 0 Å². The summed E-state index contributed by atoms with van der Waals surface area (Å²) in [6, 6.07) is 0. The van der Waals surface area contributed by atoms with Crippen LogP contribution in [0.1, 0.15) is 27.2 Å². The van der Waals surface area contributed by atoms with E-state index in [9.17, 15) is 0 Å². The van der Waals surface area contributed by atoms with Crippen LogP contribution >= 0.6 is 12.6 Å². The van der Waals surface area contributed by atoms with Crippen LogP contribution in [-0.2, 0) is 9.47 Å². The minimum Gasteiger partial charge on any atom is -0.347 e. The van der Waals surface area contributed by atoms with Gasteiger partial charge in [-0.2, -0.15) is 0 Å². The van der Waals surface area contributed by atoms with Crippen LogP contribution in [0.4, 0.5) is 0 Å². The molecule has 0 radical (unpaired) electrons. The van der Waals surface area contributed by atoms with Crippen LogP contribution in [-0.4, -0.2) is 17.3 Å². The quantitative estimate of drug-likeness (QED) is 0.547. The van der Waals surface area contributed by atoms with Gasteiger partial charge in [0.15, 0.2) is 5.79 Å². The number of hydrogen-bond donors (Lipinski definition) is 1. The Morgan fingerprint density at radius 1 is 1.40 bits per heavy atom. The maximum Gasteiger partial charge on any atom is 0.164 e. The van der Waals surface area contributed by atoms with E-state index < -0.39 is 5.79 Å². The molecule has 2 nitrogen and oxygen atoms in total. The van der Waals surface area contributed by atoms with Crippen LogP contribution in [0.5, 0.6) is 0 Å². The highest BCUT2D eigenvalue weighted by molar-refractivity contribution is 7.80. The Morgan fingerprint density at radius 3 is 2.40 bits per heavy atom. The molecule has 1 heterocycles. The average Bonchev–Trinajstić information content (AvgIpc) is 1.54. The molecule has 1 rings (SSSR count). The van der Waals surface area contributed by atoms with Crippen LogP contribution in [0.25, 0.3) is 0 Å². The zero-order chi connectivity index (χ0) is 7.78. The number of thiol groups is 1. The first-order valence-corrected chi connectivity index (χ1v) is 4.05. The van der Waals surface area contributed by atoms with Gasteiger partial charge in [-0.05, 0) is 20.8 Å². The van der Waals surface area contributed by atoms with Gasteiger partial charge in [-0.25, -0.2) is 0 Å². The topological polar surface area (TPSA) is 18.5 Å². The summed E-state index contributed by atoms with van der Waals surface area (Å²) in [5, 5.41) is 0. The van der Waals surface area contributed by atoms with E-state index in [1.807, 2.05) is 20.8 Å². The lowest BCUT2D eigenvalue weighted by atomic mass is 10.2. The first-order valence-electron chi connectivity index (χ1n) is 3.53. The van der Waals surface area contributed by atoms with E-state index in [2.05, 4.69) is 12.6 Å².